The fraction of sp³-hybridized carbons (Fsp3) is 0.667. The van der Waals surface area contributed by atoms with Crippen LogP contribution in [0, 0.1) is 0 Å². The largest absolute Gasteiger partial charge is 0.350 e. The van der Waals surface area contributed by atoms with Gasteiger partial charge < -0.3 is 10.6 Å². The Morgan fingerprint density at radius 1 is 1.44 bits per heavy atom. The molecule has 0 aliphatic heterocycles. The maximum Gasteiger partial charge on any atom is 0.346 e. The molecular formula is C9H17N5O2. The summed E-state index contributed by atoms with van der Waals surface area (Å²) in [6.45, 7) is 2.29. The van der Waals surface area contributed by atoms with Gasteiger partial charge in [0.1, 0.15) is 0 Å². The van der Waals surface area contributed by atoms with E-state index in [2.05, 4.69) is 5.10 Å². The third-order valence-electron chi connectivity index (χ3n) is 2.64. The summed E-state index contributed by atoms with van der Waals surface area (Å²) in [6, 6.07) is -0.0160. The maximum absolute atomic E-state index is 11.8. The number of aryl methyl sites for hydroxylation is 1. The SMILES string of the molecule is CC(CN)N(C)c1nn(C)c(=O)n(C)c1=O. The van der Waals surface area contributed by atoms with Crippen LogP contribution in [-0.4, -0.2) is 34.0 Å². The Bertz CT molecular complexity index is 490. The molecule has 1 atom stereocenters. The molecule has 0 aromatic carbocycles. The molecule has 1 unspecified atom stereocenters. The van der Waals surface area contributed by atoms with Crippen molar-refractivity contribution in [3.63, 3.8) is 0 Å². The average molecular weight is 227 g/mol. The van der Waals surface area contributed by atoms with Crippen molar-refractivity contribution < 1.29 is 0 Å². The van der Waals surface area contributed by atoms with E-state index in [0.29, 0.717) is 6.54 Å². The molecular weight excluding hydrogens is 210 g/mol. The summed E-state index contributed by atoms with van der Waals surface area (Å²) in [6.07, 6.45) is 0. The van der Waals surface area contributed by atoms with Crippen molar-refractivity contribution >= 4 is 5.82 Å². The minimum atomic E-state index is -0.442. The summed E-state index contributed by atoms with van der Waals surface area (Å²) >= 11 is 0. The molecule has 0 spiro atoms. The molecule has 16 heavy (non-hydrogen) atoms. The van der Waals surface area contributed by atoms with Crippen LogP contribution in [0.25, 0.3) is 0 Å². The van der Waals surface area contributed by atoms with Crippen molar-refractivity contribution in [3.8, 4) is 0 Å². The van der Waals surface area contributed by atoms with Crippen molar-refractivity contribution in [2.75, 3.05) is 18.5 Å². The standard InChI is InChI=1S/C9H17N5O2/c1-6(5-10)12(2)7-8(15)13(3)9(16)14(4)11-7/h6H,5,10H2,1-4H3. The predicted octanol–water partition coefficient (Wildman–Crippen LogP) is -1.74. The maximum atomic E-state index is 11.8. The molecule has 7 heteroatoms. The molecule has 0 saturated heterocycles. The van der Waals surface area contributed by atoms with Crippen molar-refractivity contribution in [2.45, 2.75) is 13.0 Å². The topological polar surface area (TPSA) is 86.2 Å². The first kappa shape index (κ1) is 12.4. The zero-order valence-electron chi connectivity index (χ0n) is 9.97. The smallest absolute Gasteiger partial charge is 0.346 e. The number of anilines is 1. The second-order valence-electron chi connectivity index (χ2n) is 3.79. The number of hydrogen-bond acceptors (Lipinski definition) is 5. The number of nitrogens with two attached hydrogens (primary N) is 1. The van der Waals surface area contributed by atoms with Crippen LogP contribution in [0.1, 0.15) is 6.92 Å². The predicted molar refractivity (Wildman–Crippen MR) is 61.6 cm³/mol. The molecule has 0 aliphatic rings. The van der Waals surface area contributed by atoms with Crippen LogP contribution in [0.15, 0.2) is 9.59 Å². The van der Waals surface area contributed by atoms with Crippen molar-refractivity contribution in [1.29, 1.82) is 0 Å². The summed E-state index contributed by atoms with van der Waals surface area (Å²) in [5.74, 6) is 0.225. The second kappa shape index (κ2) is 4.48. The van der Waals surface area contributed by atoms with Gasteiger partial charge in [-0.05, 0) is 6.92 Å². The number of rotatable bonds is 3. The highest BCUT2D eigenvalue weighted by Crippen LogP contribution is 2.02. The zero-order chi connectivity index (χ0) is 12.5. The minimum Gasteiger partial charge on any atom is -0.350 e. The molecule has 0 radical (unpaired) electrons. The molecule has 1 rings (SSSR count). The van der Waals surface area contributed by atoms with Crippen LogP contribution < -0.4 is 21.9 Å². The molecule has 0 saturated carbocycles. The fourth-order valence-corrected chi connectivity index (χ4v) is 1.27. The van der Waals surface area contributed by atoms with Crippen LogP contribution in [0.4, 0.5) is 5.82 Å². The van der Waals surface area contributed by atoms with E-state index in [0.717, 1.165) is 9.25 Å². The Kier molecular flexibility index (Phi) is 3.48. The number of hydrogen-bond donors (Lipinski definition) is 1. The van der Waals surface area contributed by atoms with E-state index in [-0.39, 0.29) is 11.9 Å². The fourth-order valence-electron chi connectivity index (χ4n) is 1.27. The zero-order valence-corrected chi connectivity index (χ0v) is 9.97. The normalized spacial score (nSPS) is 12.6. The lowest BCUT2D eigenvalue weighted by atomic mass is 10.3. The quantitative estimate of drug-likeness (QED) is 0.662. The van der Waals surface area contributed by atoms with Gasteiger partial charge in [0.05, 0.1) is 0 Å². The molecule has 90 valence electrons. The lowest BCUT2D eigenvalue weighted by molar-refractivity contribution is 0.578. The molecule has 0 aliphatic carbocycles. The molecule has 0 bridgehead atoms. The Morgan fingerprint density at radius 3 is 2.50 bits per heavy atom. The number of aromatic nitrogens is 3. The van der Waals surface area contributed by atoms with E-state index >= 15 is 0 Å². The third-order valence-corrected chi connectivity index (χ3v) is 2.64. The van der Waals surface area contributed by atoms with Crippen LogP contribution >= 0.6 is 0 Å². The highest BCUT2D eigenvalue weighted by Gasteiger charge is 2.16. The van der Waals surface area contributed by atoms with Gasteiger partial charge in [-0.25, -0.2) is 9.48 Å². The molecule has 2 N–H and O–H groups in total. The summed E-state index contributed by atoms with van der Waals surface area (Å²) < 4.78 is 2.17. The van der Waals surface area contributed by atoms with Crippen LogP contribution in [0.2, 0.25) is 0 Å². The molecule has 1 heterocycles. The van der Waals surface area contributed by atoms with Crippen molar-refractivity contribution in [1.82, 2.24) is 14.3 Å². The summed E-state index contributed by atoms with van der Waals surface area (Å²) in [5.41, 5.74) is 4.67. The van der Waals surface area contributed by atoms with Gasteiger partial charge in [-0.2, -0.15) is 0 Å². The van der Waals surface area contributed by atoms with Crippen molar-refractivity contribution in [3.05, 3.63) is 20.8 Å². The van der Waals surface area contributed by atoms with Gasteiger partial charge in [-0.3, -0.25) is 9.36 Å². The Morgan fingerprint density at radius 2 is 2.00 bits per heavy atom. The van der Waals surface area contributed by atoms with Gasteiger partial charge in [0, 0.05) is 33.7 Å². The summed E-state index contributed by atoms with van der Waals surface area (Å²) in [7, 11) is 4.66. The lowest BCUT2D eigenvalue weighted by Gasteiger charge is -2.24. The summed E-state index contributed by atoms with van der Waals surface area (Å²) in [4.78, 5) is 24.9. The first-order valence-corrected chi connectivity index (χ1v) is 4.97. The Hall–Kier alpha value is -1.63. The van der Waals surface area contributed by atoms with Gasteiger partial charge in [0.25, 0.3) is 5.56 Å². The van der Waals surface area contributed by atoms with Gasteiger partial charge in [0.2, 0.25) is 5.82 Å². The van der Waals surface area contributed by atoms with Gasteiger partial charge in [-0.1, -0.05) is 0 Å². The van der Waals surface area contributed by atoms with E-state index < -0.39 is 11.2 Å². The third kappa shape index (κ3) is 1.99. The van der Waals surface area contributed by atoms with E-state index in [4.69, 9.17) is 5.73 Å². The average Bonchev–Trinajstić information content (AvgIpc) is 2.29. The highest BCUT2D eigenvalue weighted by molar-refractivity contribution is 5.34. The molecule has 1 aromatic heterocycles. The molecule has 0 fully saturated rings. The van der Waals surface area contributed by atoms with E-state index in [1.807, 2.05) is 6.92 Å². The molecule has 7 nitrogen and oxygen atoms in total. The summed E-state index contributed by atoms with van der Waals surface area (Å²) in [5, 5.41) is 3.94. The lowest BCUT2D eigenvalue weighted by Crippen LogP contribution is -2.45. The molecule has 1 aromatic rings. The monoisotopic (exact) mass is 227 g/mol. The van der Waals surface area contributed by atoms with E-state index in [9.17, 15) is 9.59 Å². The Balaban J connectivity index is 3.37. The first-order chi connectivity index (χ1) is 7.40. The van der Waals surface area contributed by atoms with Crippen LogP contribution in [-0.2, 0) is 14.1 Å². The Labute approximate surface area is 93.1 Å². The van der Waals surface area contributed by atoms with Gasteiger partial charge in [-0.15, -0.1) is 5.10 Å². The van der Waals surface area contributed by atoms with Crippen molar-refractivity contribution in [2.24, 2.45) is 19.8 Å². The van der Waals surface area contributed by atoms with Crippen LogP contribution in [0.3, 0.4) is 0 Å². The van der Waals surface area contributed by atoms with E-state index in [1.54, 1.807) is 11.9 Å². The highest BCUT2D eigenvalue weighted by atomic mass is 16.2. The first-order valence-electron chi connectivity index (χ1n) is 4.97. The van der Waals surface area contributed by atoms with Gasteiger partial charge in [0.15, 0.2) is 0 Å². The second-order valence-corrected chi connectivity index (χ2v) is 3.79. The molecule has 0 amide bonds. The van der Waals surface area contributed by atoms with Gasteiger partial charge >= 0.3 is 5.69 Å². The van der Waals surface area contributed by atoms with Crippen LogP contribution in [0.5, 0.6) is 0 Å². The number of likely N-dealkylation sites (N-methyl/N-ethyl adjacent to an activating group) is 1. The number of nitrogens with zero attached hydrogens (tertiary/aromatic N) is 4. The minimum absolute atomic E-state index is 0.0160. The van der Waals surface area contributed by atoms with E-state index in [1.165, 1.54) is 14.1 Å².